The average Bonchev–Trinajstić information content (AvgIpc) is 3.23. The average molecular weight is 547 g/mol. The molecule has 5 rings (SSSR count). The molecule has 1 aliphatic heterocycles. The van der Waals surface area contributed by atoms with Gasteiger partial charge in [-0.25, -0.2) is 4.79 Å². The predicted molar refractivity (Wildman–Crippen MR) is 133 cm³/mol. The van der Waals surface area contributed by atoms with Crippen molar-refractivity contribution in [3.8, 4) is 11.1 Å². The van der Waals surface area contributed by atoms with Crippen molar-refractivity contribution >= 4 is 16.9 Å². The first-order valence-corrected chi connectivity index (χ1v) is 12.3. The molecular formula is C28H23F6N3O2. The molecule has 0 saturated carbocycles. The number of halogens is 6. The number of nitrogens with one attached hydrogen (secondary N) is 1. The Balaban J connectivity index is 1.39. The number of nitrogens with zero attached hydrogens (tertiary/aromatic N) is 2. The Morgan fingerprint density at radius 2 is 1.49 bits per heavy atom. The summed E-state index contributed by atoms with van der Waals surface area (Å²) in [4.78, 5) is 29.8. The molecule has 1 aliphatic rings. The first kappa shape index (κ1) is 26.6. The minimum Gasteiger partial charge on any atom is -0.342 e. The van der Waals surface area contributed by atoms with E-state index in [0.29, 0.717) is 11.1 Å². The number of carbonyl (C=O) groups is 1. The van der Waals surface area contributed by atoms with Gasteiger partial charge in [-0.15, -0.1) is 0 Å². The second-order valence-electron chi connectivity index (χ2n) is 9.53. The molecule has 204 valence electrons. The second kappa shape index (κ2) is 9.94. The van der Waals surface area contributed by atoms with Gasteiger partial charge in [0, 0.05) is 19.1 Å². The topological polar surface area (TPSA) is 58.1 Å². The van der Waals surface area contributed by atoms with E-state index in [1.807, 2.05) is 0 Å². The lowest BCUT2D eigenvalue weighted by atomic mass is 9.97. The van der Waals surface area contributed by atoms with Crippen molar-refractivity contribution in [2.24, 2.45) is 0 Å². The zero-order chi connectivity index (χ0) is 27.9. The van der Waals surface area contributed by atoms with Crippen LogP contribution in [-0.4, -0.2) is 33.4 Å². The summed E-state index contributed by atoms with van der Waals surface area (Å²) in [6.45, 7) is 0.395. The van der Waals surface area contributed by atoms with Crippen molar-refractivity contribution in [2.75, 3.05) is 13.1 Å². The summed E-state index contributed by atoms with van der Waals surface area (Å²) >= 11 is 0. The fourth-order valence-electron chi connectivity index (χ4n) is 5.18. The minimum absolute atomic E-state index is 0.0347. The van der Waals surface area contributed by atoms with Gasteiger partial charge in [0.25, 0.3) is 0 Å². The number of aromatic nitrogens is 2. The van der Waals surface area contributed by atoms with Crippen molar-refractivity contribution in [2.45, 2.75) is 37.7 Å². The van der Waals surface area contributed by atoms with Gasteiger partial charge in [-0.3, -0.25) is 9.36 Å². The lowest BCUT2D eigenvalue weighted by molar-refractivity contribution is -0.138. The SMILES string of the molecule is O=C(Cc1ccc(C(F)(F)F)cc1)N1CCC(n2c(=O)[nH]c3ccc(-c4ccccc4)c(C(F)(F)F)c32)CC1. The smallest absolute Gasteiger partial charge is 0.342 e. The molecule has 0 aliphatic carbocycles. The number of rotatable bonds is 4. The zero-order valence-electron chi connectivity index (χ0n) is 20.4. The quantitative estimate of drug-likeness (QED) is 0.299. The van der Waals surface area contributed by atoms with E-state index in [4.69, 9.17) is 0 Å². The summed E-state index contributed by atoms with van der Waals surface area (Å²) in [7, 11) is 0. The summed E-state index contributed by atoms with van der Waals surface area (Å²) < 4.78 is 82.8. The minimum atomic E-state index is -4.74. The van der Waals surface area contributed by atoms with Gasteiger partial charge in [-0.1, -0.05) is 48.5 Å². The largest absolute Gasteiger partial charge is 0.419 e. The van der Waals surface area contributed by atoms with E-state index in [0.717, 1.165) is 16.7 Å². The Bertz CT molecular complexity index is 1550. The Labute approximate surface area is 218 Å². The van der Waals surface area contributed by atoms with Crippen LogP contribution in [0.4, 0.5) is 26.3 Å². The molecule has 11 heteroatoms. The van der Waals surface area contributed by atoms with Gasteiger partial charge >= 0.3 is 18.0 Å². The lowest BCUT2D eigenvalue weighted by Crippen LogP contribution is -2.41. The van der Waals surface area contributed by atoms with E-state index in [1.54, 1.807) is 30.3 Å². The van der Waals surface area contributed by atoms with Crippen LogP contribution in [0.3, 0.4) is 0 Å². The van der Waals surface area contributed by atoms with E-state index >= 15 is 0 Å². The van der Waals surface area contributed by atoms with Gasteiger partial charge < -0.3 is 9.88 Å². The number of amides is 1. The Morgan fingerprint density at radius 1 is 0.846 bits per heavy atom. The number of hydrogen-bond acceptors (Lipinski definition) is 2. The summed E-state index contributed by atoms with van der Waals surface area (Å²) in [5.41, 5.74) is -1.75. The third-order valence-corrected chi connectivity index (χ3v) is 7.07. The fraction of sp³-hybridized carbons (Fsp3) is 0.286. The number of carbonyl (C=O) groups excluding carboxylic acids is 1. The van der Waals surface area contributed by atoms with Crippen molar-refractivity contribution in [1.29, 1.82) is 0 Å². The fourth-order valence-corrected chi connectivity index (χ4v) is 5.18. The third kappa shape index (κ3) is 5.30. The zero-order valence-corrected chi connectivity index (χ0v) is 20.4. The molecule has 5 nitrogen and oxygen atoms in total. The number of likely N-dealkylation sites (tertiary alicyclic amines) is 1. The van der Waals surface area contributed by atoms with E-state index in [1.165, 1.54) is 29.2 Å². The lowest BCUT2D eigenvalue weighted by Gasteiger charge is -2.33. The van der Waals surface area contributed by atoms with Crippen LogP contribution < -0.4 is 5.69 Å². The molecule has 0 radical (unpaired) electrons. The number of piperidine rings is 1. The van der Waals surface area contributed by atoms with E-state index in [9.17, 15) is 35.9 Å². The number of fused-ring (bicyclic) bond motifs is 1. The van der Waals surface area contributed by atoms with Gasteiger partial charge in [0.2, 0.25) is 5.91 Å². The number of H-pyrrole nitrogens is 1. The number of aromatic amines is 1. The highest BCUT2D eigenvalue weighted by Gasteiger charge is 2.39. The van der Waals surface area contributed by atoms with Gasteiger partial charge in [0.15, 0.2) is 0 Å². The first-order chi connectivity index (χ1) is 18.4. The standard InChI is InChI=1S/C28H23F6N3O2/c29-27(30,31)19-8-6-17(7-9-19)16-23(38)36-14-12-20(13-15-36)37-25-22(35-26(37)39)11-10-21(24(25)28(32,33)34)18-4-2-1-3-5-18/h1-11,20H,12-16H2,(H,35,39). The number of alkyl halides is 6. The van der Waals surface area contributed by atoms with Crippen molar-refractivity contribution in [1.82, 2.24) is 14.5 Å². The van der Waals surface area contributed by atoms with Crippen LogP contribution in [0, 0.1) is 0 Å². The van der Waals surface area contributed by atoms with Gasteiger partial charge in [-0.2, -0.15) is 26.3 Å². The summed E-state index contributed by atoms with van der Waals surface area (Å²) in [6.07, 6.45) is -8.82. The van der Waals surface area contributed by atoms with E-state index < -0.39 is 35.2 Å². The number of imidazole rings is 1. The highest BCUT2D eigenvalue weighted by Crippen LogP contribution is 2.42. The normalized spacial score (nSPS) is 15.2. The van der Waals surface area contributed by atoms with Gasteiger partial charge in [0.1, 0.15) is 0 Å². The molecule has 1 fully saturated rings. The van der Waals surface area contributed by atoms with Crippen LogP contribution in [0.5, 0.6) is 0 Å². The molecule has 1 aromatic heterocycles. The summed E-state index contributed by atoms with van der Waals surface area (Å²) in [5, 5.41) is 0. The van der Waals surface area contributed by atoms with E-state index in [-0.39, 0.29) is 54.9 Å². The molecule has 0 bridgehead atoms. The van der Waals surface area contributed by atoms with E-state index in [2.05, 4.69) is 4.98 Å². The van der Waals surface area contributed by atoms with Crippen LogP contribution in [0.2, 0.25) is 0 Å². The maximum atomic E-state index is 14.4. The maximum Gasteiger partial charge on any atom is 0.419 e. The highest BCUT2D eigenvalue weighted by atomic mass is 19.4. The monoisotopic (exact) mass is 547 g/mol. The molecule has 0 atom stereocenters. The number of hydrogen-bond donors (Lipinski definition) is 1. The molecular weight excluding hydrogens is 524 g/mol. The van der Waals surface area contributed by atoms with Crippen LogP contribution in [0.15, 0.2) is 71.5 Å². The predicted octanol–water partition coefficient (Wildman–Crippen LogP) is 6.44. The molecule has 2 heterocycles. The summed E-state index contributed by atoms with van der Waals surface area (Å²) in [5.74, 6) is -0.304. The Kier molecular flexibility index (Phi) is 6.77. The summed E-state index contributed by atoms with van der Waals surface area (Å²) in [6, 6.07) is 14.7. The third-order valence-electron chi connectivity index (χ3n) is 7.07. The van der Waals surface area contributed by atoms with Crippen LogP contribution in [0.25, 0.3) is 22.2 Å². The number of benzene rings is 3. The van der Waals surface area contributed by atoms with Crippen LogP contribution in [-0.2, 0) is 23.6 Å². The maximum absolute atomic E-state index is 14.4. The molecule has 1 amide bonds. The molecule has 1 N–H and O–H groups in total. The Morgan fingerprint density at radius 3 is 2.08 bits per heavy atom. The highest BCUT2D eigenvalue weighted by molar-refractivity contribution is 5.88. The van der Waals surface area contributed by atoms with Gasteiger partial charge in [-0.05, 0) is 47.7 Å². The van der Waals surface area contributed by atoms with Crippen molar-refractivity contribution in [3.05, 3.63) is 93.9 Å². The molecule has 3 aromatic carbocycles. The molecule has 0 spiro atoms. The van der Waals surface area contributed by atoms with Crippen molar-refractivity contribution < 1.29 is 31.1 Å². The molecule has 0 unspecified atom stereocenters. The van der Waals surface area contributed by atoms with Crippen LogP contribution >= 0.6 is 0 Å². The molecule has 4 aromatic rings. The van der Waals surface area contributed by atoms with Crippen molar-refractivity contribution in [3.63, 3.8) is 0 Å². The Hall–Kier alpha value is -4.02. The first-order valence-electron chi connectivity index (χ1n) is 12.3. The molecule has 1 saturated heterocycles. The van der Waals surface area contributed by atoms with Gasteiger partial charge in [0.05, 0.1) is 28.6 Å². The van der Waals surface area contributed by atoms with Crippen LogP contribution in [0.1, 0.15) is 35.6 Å². The molecule has 39 heavy (non-hydrogen) atoms. The second-order valence-corrected chi connectivity index (χ2v) is 9.53.